The molecule has 254 valence electrons. The zero-order valence-corrected chi connectivity index (χ0v) is 29.8. The molecule has 1 nitrogen and oxygen atoms in total. The summed E-state index contributed by atoms with van der Waals surface area (Å²) in [4.78, 5) is 5.35. The number of nitrogens with zero attached hydrogens (tertiary/aromatic N) is 1. The largest absolute Gasteiger partial charge is 0.248 e. The van der Waals surface area contributed by atoms with Crippen molar-refractivity contribution < 1.29 is 0 Å². The maximum absolute atomic E-state index is 5.35. The van der Waals surface area contributed by atoms with Crippen LogP contribution in [-0.2, 0) is 0 Å². The van der Waals surface area contributed by atoms with E-state index in [1.54, 1.807) is 0 Å². The second-order valence-corrected chi connectivity index (χ2v) is 13.6. The van der Waals surface area contributed by atoms with Gasteiger partial charge in [0, 0.05) is 11.1 Å². The predicted octanol–water partition coefficient (Wildman–Crippen LogP) is 14.4. The topological polar surface area (TPSA) is 12.9 Å². The van der Waals surface area contributed by atoms with Crippen molar-refractivity contribution in [2.45, 2.75) is 0 Å². The van der Waals surface area contributed by atoms with E-state index in [4.69, 9.17) is 4.98 Å². The standard InChI is InChI=1S/C53H37N/c1-6-16-38(17-7-1)42-26-28-43(29-27-42)47-33-49(48-31-45(39-18-8-2-9-19-39)30-46(32-48)40-20-10-3-11-21-40)35-51(34-47)53-37-50(41-22-12-4-13-23-41)36-52(54-53)44-24-14-5-15-25-44/h1-37H. The van der Waals surface area contributed by atoms with Gasteiger partial charge in [0.05, 0.1) is 11.4 Å². The Labute approximate surface area is 317 Å². The molecule has 1 heteroatoms. The Kier molecular flexibility index (Phi) is 9.03. The molecule has 0 fully saturated rings. The minimum absolute atomic E-state index is 0.932. The van der Waals surface area contributed by atoms with Crippen molar-refractivity contribution in [3.05, 3.63) is 224 Å². The van der Waals surface area contributed by atoms with Gasteiger partial charge in [0.1, 0.15) is 0 Å². The second-order valence-electron chi connectivity index (χ2n) is 13.6. The highest BCUT2D eigenvalue weighted by Crippen LogP contribution is 2.39. The summed E-state index contributed by atoms with van der Waals surface area (Å²) in [6, 6.07) is 80.2. The lowest BCUT2D eigenvalue weighted by Gasteiger charge is -2.16. The van der Waals surface area contributed by atoms with E-state index in [-0.39, 0.29) is 0 Å². The van der Waals surface area contributed by atoms with Gasteiger partial charge in [-0.25, -0.2) is 4.98 Å². The zero-order valence-electron chi connectivity index (χ0n) is 29.8. The molecule has 54 heavy (non-hydrogen) atoms. The third kappa shape index (κ3) is 7.04. The van der Waals surface area contributed by atoms with Crippen molar-refractivity contribution >= 4 is 0 Å². The van der Waals surface area contributed by atoms with Crippen molar-refractivity contribution in [1.29, 1.82) is 0 Å². The summed E-state index contributed by atoms with van der Waals surface area (Å²) < 4.78 is 0. The quantitative estimate of drug-likeness (QED) is 0.155. The summed E-state index contributed by atoms with van der Waals surface area (Å²) in [5.41, 5.74) is 18.1. The van der Waals surface area contributed by atoms with Crippen LogP contribution in [0.1, 0.15) is 0 Å². The summed E-state index contributed by atoms with van der Waals surface area (Å²) >= 11 is 0. The molecule has 0 N–H and O–H groups in total. The molecule has 9 rings (SSSR count). The highest BCUT2D eigenvalue weighted by atomic mass is 14.7. The summed E-state index contributed by atoms with van der Waals surface area (Å²) in [6.07, 6.45) is 0. The second kappa shape index (κ2) is 14.9. The van der Waals surface area contributed by atoms with Gasteiger partial charge in [-0.15, -0.1) is 0 Å². The van der Waals surface area contributed by atoms with Crippen LogP contribution in [0.4, 0.5) is 0 Å². The molecule has 0 amide bonds. The van der Waals surface area contributed by atoms with E-state index < -0.39 is 0 Å². The summed E-state index contributed by atoms with van der Waals surface area (Å²) in [5, 5.41) is 0. The molecule has 0 spiro atoms. The van der Waals surface area contributed by atoms with Crippen molar-refractivity contribution in [2.75, 3.05) is 0 Å². The monoisotopic (exact) mass is 687 g/mol. The molecule has 1 heterocycles. The number of benzene rings is 8. The number of hydrogen-bond acceptors (Lipinski definition) is 1. The first-order valence-electron chi connectivity index (χ1n) is 18.4. The third-order valence-electron chi connectivity index (χ3n) is 10.0. The Bertz CT molecular complexity index is 2390. The Morgan fingerprint density at radius 1 is 0.167 bits per heavy atom. The van der Waals surface area contributed by atoms with Gasteiger partial charge in [-0.2, -0.15) is 0 Å². The average Bonchev–Trinajstić information content (AvgIpc) is 3.27. The van der Waals surface area contributed by atoms with Crippen LogP contribution in [0.15, 0.2) is 224 Å². The van der Waals surface area contributed by atoms with Gasteiger partial charge in [-0.3, -0.25) is 0 Å². The van der Waals surface area contributed by atoms with Crippen LogP contribution >= 0.6 is 0 Å². The maximum Gasteiger partial charge on any atom is 0.0716 e. The predicted molar refractivity (Wildman–Crippen MR) is 228 cm³/mol. The third-order valence-corrected chi connectivity index (χ3v) is 10.0. The van der Waals surface area contributed by atoms with Gasteiger partial charge >= 0.3 is 0 Å². The lowest BCUT2D eigenvalue weighted by molar-refractivity contribution is 1.32. The van der Waals surface area contributed by atoms with Crippen LogP contribution in [0.25, 0.3) is 89.3 Å². The van der Waals surface area contributed by atoms with E-state index in [9.17, 15) is 0 Å². The molecular formula is C53H37N. The van der Waals surface area contributed by atoms with E-state index in [0.29, 0.717) is 0 Å². The molecule has 0 aliphatic heterocycles. The van der Waals surface area contributed by atoms with Crippen LogP contribution in [0.2, 0.25) is 0 Å². The Morgan fingerprint density at radius 2 is 0.389 bits per heavy atom. The molecule has 0 saturated heterocycles. The summed E-state index contributed by atoms with van der Waals surface area (Å²) in [7, 11) is 0. The molecule has 9 aromatic rings. The minimum atomic E-state index is 0.932. The van der Waals surface area contributed by atoms with Crippen LogP contribution in [0.5, 0.6) is 0 Å². The van der Waals surface area contributed by atoms with Crippen molar-refractivity contribution in [3.63, 3.8) is 0 Å². The number of aromatic nitrogens is 1. The fourth-order valence-electron chi connectivity index (χ4n) is 7.22. The first kappa shape index (κ1) is 32.8. The number of pyridine rings is 1. The molecule has 0 saturated carbocycles. The first-order valence-corrected chi connectivity index (χ1v) is 18.4. The molecule has 1 aromatic heterocycles. The van der Waals surface area contributed by atoms with E-state index >= 15 is 0 Å². The molecule has 0 radical (unpaired) electrons. The lowest BCUT2D eigenvalue weighted by Crippen LogP contribution is -1.93. The van der Waals surface area contributed by atoms with E-state index in [0.717, 1.165) is 55.9 Å². The smallest absolute Gasteiger partial charge is 0.0716 e. The van der Waals surface area contributed by atoms with E-state index in [1.165, 1.54) is 33.4 Å². The lowest BCUT2D eigenvalue weighted by atomic mass is 9.90. The van der Waals surface area contributed by atoms with Gasteiger partial charge in [-0.05, 0) is 115 Å². The fraction of sp³-hybridized carbons (Fsp3) is 0. The van der Waals surface area contributed by atoms with Crippen LogP contribution in [0.3, 0.4) is 0 Å². The number of hydrogen-bond donors (Lipinski definition) is 0. The minimum Gasteiger partial charge on any atom is -0.248 e. The molecule has 0 bridgehead atoms. The maximum atomic E-state index is 5.35. The Balaban J connectivity index is 1.26. The fourth-order valence-corrected chi connectivity index (χ4v) is 7.22. The SMILES string of the molecule is c1ccc(-c2ccc(-c3cc(-c4cc(-c5ccccc5)cc(-c5ccccc5)c4)cc(-c4cc(-c5ccccc5)cc(-c5ccccc5)n4)c3)cc2)cc1. The summed E-state index contributed by atoms with van der Waals surface area (Å²) in [5.74, 6) is 0. The van der Waals surface area contributed by atoms with Crippen molar-refractivity contribution in [3.8, 4) is 89.3 Å². The first-order chi connectivity index (χ1) is 26.7. The summed E-state index contributed by atoms with van der Waals surface area (Å²) in [6.45, 7) is 0. The van der Waals surface area contributed by atoms with Crippen molar-refractivity contribution in [1.82, 2.24) is 4.98 Å². The van der Waals surface area contributed by atoms with Crippen molar-refractivity contribution in [2.24, 2.45) is 0 Å². The molecule has 0 aliphatic rings. The highest BCUT2D eigenvalue weighted by Gasteiger charge is 2.15. The normalized spacial score (nSPS) is 11.0. The zero-order chi connectivity index (χ0) is 36.1. The van der Waals surface area contributed by atoms with Gasteiger partial charge in [-0.1, -0.05) is 176 Å². The highest BCUT2D eigenvalue weighted by molar-refractivity contribution is 5.87. The van der Waals surface area contributed by atoms with Gasteiger partial charge in [0.25, 0.3) is 0 Å². The molecular weight excluding hydrogens is 651 g/mol. The Hall–Kier alpha value is -7.09. The average molecular weight is 688 g/mol. The molecule has 0 atom stereocenters. The Morgan fingerprint density at radius 3 is 0.759 bits per heavy atom. The van der Waals surface area contributed by atoms with Crippen LogP contribution < -0.4 is 0 Å². The van der Waals surface area contributed by atoms with Crippen LogP contribution in [0, 0.1) is 0 Å². The van der Waals surface area contributed by atoms with Gasteiger partial charge in [0.15, 0.2) is 0 Å². The van der Waals surface area contributed by atoms with E-state index in [2.05, 4.69) is 224 Å². The molecule has 0 aliphatic carbocycles. The van der Waals surface area contributed by atoms with Gasteiger partial charge in [0.2, 0.25) is 0 Å². The van der Waals surface area contributed by atoms with E-state index in [1.807, 2.05) is 0 Å². The van der Waals surface area contributed by atoms with Crippen LogP contribution in [-0.4, -0.2) is 4.98 Å². The molecule has 8 aromatic carbocycles. The number of rotatable bonds is 8. The van der Waals surface area contributed by atoms with Gasteiger partial charge < -0.3 is 0 Å². The molecule has 0 unspecified atom stereocenters.